The highest BCUT2D eigenvalue weighted by molar-refractivity contribution is 9.10. The molecule has 1 aliphatic carbocycles. The highest BCUT2D eigenvalue weighted by Gasteiger charge is 2.29. The normalized spacial score (nSPS) is 15.4. The molecule has 1 heterocycles. The number of hydrogen-bond donors (Lipinski definition) is 0. The summed E-state index contributed by atoms with van der Waals surface area (Å²) in [7, 11) is 0. The van der Waals surface area contributed by atoms with Crippen molar-refractivity contribution >= 4 is 21.7 Å². The zero-order valence-corrected chi connectivity index (χ0v) is 10.8. The molecule has 1 aliphatic rings. The Morgan fingerprint density at radius 2 is 2.13 bits per heavy atom. The third-order valence-corrected chi connectivity index (χ3v) is 3.07. The van der Waals surface area contributed by atoms with Gasteiger partial charge in [0.2, 0.25) is 0 Å². The van der Waals surface area contributed by atoms with Crippen LogP contribution in [0.15, 0.2) is 10.7 Å². The first kappa shape index (κ1) is 10.9. The number of aryl methyl sites for hydroxylation is 1. The Hall–Kier alpha value is -0.640. The van der Waals surface area contributed by atoms with Crippen LogP contribution in [0.4, 0.5) is 5.82 Å². The van der Waals surface area contributed by atoms with Gasteiger partial charge >= 0.3 is 0 Å². The van der Waals surface area contributed by atoms with Gasteiger partial charge in [-0.05, 0) is 35.7 Å². The van der Waals surface area contributed by atoms with Crippen LogP contribution < -0.4 is 4.90 Å². The lowest BCUT2D eigenvalue weighted by Crippen LogP contribution is -2.26. The van der Waals surface area contributed by atoms with Crippen LogP contribution in [-0.4, -0.2) is 22.6 Å². The molecule has 0 saturated heterocycles. The van der Waals surface area contributed by atoms with Gasteiger partial charge in [-0.3, -0.25) is 0 Å². The minimum atomic E-state index is 0.710. The maximum atomic E-state index is 4.57. The molecule has 1 fully saturated rings. The van der Waals surface area contributed by atoms with E-state index in [-0.39, 0.29) is 0 Å². The van der Waals surface area contributed by atoms with E-state index in [0.717, 1.165) is 29.2 Å². The second kappa shape index (κ2) is 4.47. The topological polar surface area (TPSA) is 29.0 Å². The summed E-state index contributed by atoms with van der Waals surface area (Å²) in [6.07, 6.45) is 3.49. The van der Waals surface area contributed by atoms with Crippen molar-refractivity contribution in [2.45, 2.75) is 39.2 Å². The molecule has 15 heavy (non-hydrogen) atoms. The summed E-state index contributed by atoms with van der Waals surface area (Å²) >= 11 is 3.44. The van der Waals surface area contributed by atoms with Gasteiger partial charge in [0.05, 0.1) is 0 Å². The average Bonchev–Trinajstić information content (AvgIpc) is 3.02. The largest absolute Gasteiger partial charge is 0.354 e. The summed E-state index contributed by atoms with van der Waals surface area (Å²) < 4.78 is 0.892. The van der Waals surface area contributed by atoms with E-state index in [1.54, 1.807) is 0 Å². The molecule has 1 aromatic heterocycles. The first-order valence-corrected chi connectivity index (χ1v) is 6.34. The molecule has 4 heteroatoms. The van der Waals surface area contributed by atoms with Gasteiger partial charge in [0.1, 0.15) is 16.2 Å². The molecule has 0 radical (unpaired) electrons. The van der Waals surface area contributed by atoms with Crippen LogP contribution in [-0.2, 0) is 6.42 Å². The lowest BCUT2D eigenvalue weighted by molar-refractivity contribution is 0.789. The summed E-state index contributed by atoms with van der Waals surface area (Å²) in [5.74, 6) is 1.98. The quantitative estimate of drug-likeness (QED) is 0.788. The van der Waals surface area contributed by atoms with Crippen molar-refractivity contribution in [1.82, 2.24) is 9.97 Å². The summed E-state index contributed by atoms with van der Waals surface area (Å²) in [5, 5.41) is 0. The molecular weight excluding hydrogens is 254 g/mol. The number of halogens is 1. The third kappa shape index (κ3) is 2.48. The van der Waals surface area contributed by atoms with Gasteiger partial charge < -0.3 is 4.90 Å². The number of nitrogens with zero attached hydrogens (tertiary/aromatic N) is 3. The molecular formula is C11H16BrN3. The van der Waals surface area contributed by atoms with Gasteiger partial charge in [-0.25, -0.2) is 9.97 Å². The summed E-state index contributed by atoms with van der Waals surface area (Å²) in [5.41, 5.74) is 0. The van der Waals surface area contributed by atoms with Crippen molar-refractivity contribution in [2.24, 2.45) is 0 Å². The van der Waals surface area contributed by atoms with E-state index < -0.39 is 0 Å². The highest BCUT2D eigenvalue weighted by Crippen LogP contribution is 2.31. The Morgan fingerprint density at radius 1 is 1.40 bits per heavy atom. The van der Waals surface area contributed by atoms with Crippen molar-refractivity contribution in [2.75, 3.05) is 11.4 Å². The van der Waals surface area contributed by atoms with Crippen molar-refractivity contribution in [3.63, 3.8) is 0 Å². The van der Waals surface area contributed by atoms with Crippen LogP contribution in [0, 0.1) is 0 Å². The molecule has 0 atom stereocenters. The maximum absolute atomic E-state index is 4.57. The number of anilines is 1. The minimum absolute atomic E-state index is 0.710. The fourth-order valence-electron chi connectivity index (χ4n) is 1.75. The molecule has 1 aromatic rings. The van der Waals surface area contributed by atoms with Crippen molar-refractivity contribution in [1.29, 1.82) is 0 Å². The Bertz CT molecular complexity index is 350. The molecule has 0 aliphatic heterocycles. The van der Waals surface area contributed by atoms with Crippen LogP contribution >= 0.6 is 15.9 Å². The van der Waals surface area contributed by atoms with Crippen molar-refractivity contribution in [3.05, 3.63) is 16.5 Å². The zero-order chi connectivity index (χ0) is 10.8. The third-order valence-electron chi connectivity index (χ3n) is 2.67. The van der Waals surface area contributed by atoms with Crippen molar-refractivity contribution in [3.8, 4) is 0 Å². The molecule has 82 valence electrons. The first-order valence-electron chi connectivity index (χ1n) is 5.54. The van der Waals surface area contributed by atoms with Gasteiger partial charge in [-0.1, -0.05) is 6.92 Å². The van der Waals surface area contributed by atoms with E-state index in [4.69, 9.17) is 0 Å². The van der Waals surface area contributed by atoms with Gasteiger partial charge in [0.25, 0.3) is 0 Å². The van der Waals surface area contributed by atoms with E-state index in [2.05, 4.69) is 44.6 Å². The molecule has 0 amide bonds. The number of hydrogen-bond acceptors (Lipinski definition) is 3. The van der Waals surface area contributed by atoms with E-state index in [1.165, 1.54) is 12.8 Å². The van der Waals surface area contributed by atoms with E-state index in [9.17, 15) is 0 Å². The Kier molecular flexibility index (Phi) is 3.24. The van der Waals surface area contributed by atoms with Gasteiger partial charge in [0, 0.05) is 25.1 Å². The lowest BCUT2D eigenvalue weighted by atomic mass is 10.4. The monoisotopic (exact) mass is 269 g/mol. The zero-order valence-electron chi connectivity index (χ0n) is 9.20. The Morgan fingerprint density at radius 3 is 2.67 bits per heavy atom. The fraction of sp³-hybridized carbons (Fsp3) is 0.636. The fourth-order valence-corrected chi connectivity index (χ4v) is 2.16. The smallest absolute Gasteiger partial charge is 0.133 e. The van der Waals surface area contributed by atoms with Crippen LogP contribution in [0.5, 0.6) is 0 Å². The summed E-state index contributed by atoms with van der Waals surface area (Å²) in [4.78, 5) is 11.3. The molecule has 0 bridgehead atoms. The SMILES string of the molecule is CCc1nc(Br)cc(N(CC)C2CC2)n1. The molecule has 0 spiro atoms. The van der Waals surface area contributed by atoms with Gasteiger partial charge in [-0.2, -0.15) is 0 Å². The second-order valence-electron chi connectivity index (χ2n) is 3.84. The molecule has 0 unspecified atom stereocenters. The van der Waals surface area contributed by atoms with E-state index >= 15 is 0 Å². The molecule has 0 aromatic carbocycles. The van der Waals surface area contributed by atoms with Crippen molar-refractivity contribution < 1.29 is 0 Å². The number of rotatable bonds is 4. The maximum Gasteiger partial charge on any atom is 0.133 e. The molecule has 1 saturated carbocycles. The van der Waals surface area contributed by atoms with Gasteiger partial charge in [0.15, 0.2) is 0 Å². The van der Waals surface area contributed by atoms with Gasteiger partial charge in [-0.15, -0.1) is 0 Å². The van der Waals surface area contributed by atoms with Crippen LogP contribution in [0.25, 0.3) is 0 Å². The Labute approximate surface area is 99.0 Å². The molecule has 0 N–H and O–H groups in total. The second-order valence-corrected chi connectivity index (χ2v) is 4.65. The minimum Gasteiger partial charge on any atom is -0.354 e. The summed E-state index contributed by atoms with van der Waals surface area (Å²) in [6, 6.07) is 2.72. The average molecular weight is 270 g/mol. The van der Waals surface area contributed by atoms with E-state index in [1.807, 2.05) is 6.07 Å². The van der Waals surface area contributed by atoms with Crippen LogP contribution in [0.2, 0.25) is 0 Å². The predicted molar refractivity (Wildman–Crippen MR) is 65.2 cm³/mol. The number of aromatic nitrogens is 2. The lowest BCUT2D eigenvalue weighted by Gasteiger charge is -2.21. The molecule has 2 rings (SSSR count). The predicted octanol–water partition coefficient (Wildman–Crippen LogP) is 2.79. The first-order chi connectivity index (χ1) is 7.24. The van der Waals surface area contributed by atoms with Crippen LogP contribution in [0.3, 0.4) is 0 Å². The molecule has 3 nitrogen and oxygen atoms in total. The Balaban J connectivity index is 2.28. The van der Waals surface area contributed by atoms with E-state index in [0.29, 0.717) is 6.04 Å². The van der Waals surface area contributed by atoms with Crippen LogP contribution in [0.1, 0.15) is 32.5 Å². The highest BCUT2D eigenvalue weighted by atomic mass is 79.9. The standard InChI is InChI=1S/C11H16BrN3/c1-3-10-13-9(12)7-11(14-10)15(4-2)8-5-6-8/h7-8H,3-6H2,1-2H3. The summed E-state index contributed by atoms with van der Waals surface area (Å²) in [6.45, 7) is 5.29.